The molecule has 0 aromatic heterocycles. The minimum atomic E-state index is 0.720. The molecule has 0 aromatic rings. The van der Waals surface area contributed by atoms with Gasteiger partial charge in [0.05, 0.1) is 0 Å². The lowest BCUT2D eigenvalue weighted by atomic mass is 10.2. The molecule has 0 spiro atoms. The van der Waals surface area contributed by atoms with Crippen LogP contribution in [0.1, 0.15) is 26.7 Å². The molecule has 2 aliphatic rings. The highest BCUT2D eigenvalue weighted by Gasteiger charge is 2.32. The molecule has 2 atom stereocenters. The van der Waals surface area contributed by atoms with Gasteiger partial charge in [0.1, 0.15) is 0 Å². The highest BCUT2D eigenvalue weighted by Crippen LogP contribution is 2.21. The SMILES string of the molecule is CNC1CCN(C2CCN(C(C)C)C2)C1. The van der Waals surface area contributed by atoms with Gasteiger partial charge in [0.25, 0.3) is 0 Å². The molecule has 3 nitrogen and oxygen atoms in total. The van der Waals surface area contributed by atoms with Crippen LogP contribution in [0.15, 0.2) is 0 Å². The fraction of sp³-hybridized carbons (Fsp3) is 1.00. The van der Waals surface area contributed by atoms with Gasteiger partial charge in [-0.3, -0.25) is 9.80 Å². The van der Waals surface area contributed by atoms with Crippen molar-refractivity contribution in [3.63, 3.8) is 0 Å². The zero-order valence-electron chi connectivity index (χ0n) is 10.4. The van der Waals surface area contributed by atoms with Gasteiger partial charge < -0.3 is 5.32 Å². The van der Waals surface area contributed by atoms with Gasteiger partial charge in [0, 0.05) is 44.3 Å². The van der Waals surface area contributed by atoms with Crippen LogP contribution in [0.4, 0.5) is 0 Å². The maximum atomic E-state index is 3.40. The van der Waals surface area contributed by atoms with Gasteiger partial charge in [-0.25, -0.2) is 0 Å². The van der Waals surface area contributed by atoms with Crippen LogP contribution >= 0.6 is 0 Å². The Morgan fingerprint density at radius 2 is 1.93 bits per heavy atom. The zero-order valence-corrected chi connectivity index (χ0v) is 10.4. The lowest BCUT2D eigenvalue weighted by Gasteiger charge is -2.25. The lowest BCUT2D eigenvalue weighted by molar-refractivity contribution is 0.211. The summed E-state index contributed by atoms with van der Waals surface area (Å²) < 4.78 is 0. The maximum Gasteiger partial charge on any atom is 0.0236 e. The van der Waals surface area contributed by atoms with Crippen LogP contribution in [0.3, 0.4) is 0 Å². The molecular weight excluding hydrogens is 186 g/mol. The van der Waals surface area contributed by atoms with Crippen molar-refractivity contribution in [2.45, 2.75) is 44.8 Å². The minimum absolute atomic E-state index is 0.720. The Morgan fingerprint density at radius 1 is 1.13 bits per heavy atom. The first-order valence-corrected chi connectivity index (χ1v) is 6.36. The monoisotopic (exact) mass is 211 g/mol. The van der Waals surface area contributed by atoms with E-state index in [1.807, 2.05) is 0 Å². The first-order valence-electron chi connectivity index (χ1n) is 6.36. The number of hydrogen-bond donors (Lipinski definition) is 1. The Balaban J connectivity index is 1.81. The maximum absolute atomic E-state index is 3.40. The zero-order chi connectivity index (χ0) is 10.8. The van der Waals surface area contributed by atoms with Crippen LogP contribution in [0.5, 0.6) is 0 Å². The van der Waals surface area contributed by atoms with Crippen molar-refractivity contribution in [1.82, 2.24) is 15.1 Å². The molecule has 2 unspecified atom stereocenters. The van der Waals surface area contributed by atoms with Crippen molar-refractivity contribution in [2.75, 3.05) is 33.2 Å². The van der Waals surface area contributed by atoms with E-state index in [0.717, 1.165) is 18.1 Å². The van der Waals surface area contributed by atoms with Gasteiger partial charge in [0.15, 0.2) is 0 Å². The van der Waals surface area contributed by atoms with Gasteiger partial charge >= 0.3 is 0 Å². The van der Waals surface area contributed by atoms with Crippen LogP contribution in [0.25, 0.3) is 0 Å². The van der Waals surface area contributed by atoms with Gasteiger partial charge in [0.2, 0.25) is 0 Å². The average Bonchev–Trinajstić information content (AvgIpc) is 2.86. The molecule has 1 N–H and O–H groups in total. The third kappa shape index (κ3) is 2.52. The Bertz CT molecular complexity index is 205. The molecule has 0 aromatic carbocycles. The number of nitrogens with one attached hydrogen (secondary N) is 1. The van der Waals surface area contributed by atoms with Crippen molar-refractivity contribution < 1.29 is 0 Å². The molecule has 2 fully saturated rings. The Hall–Kier alpha value is -0.120. The van der Waals surface area contributed by atoms with Crippen LogP contribution in [-0.4, -0.2) is 61.2 Å². The summed E-state index contributed by atoms with van der Waals surface area (Å²) in [6, 6.07) is 2.28. The van der Waals surface area contributed by atoms with Crippen molar-refractivity contribution in [2.24, 2.45) is 0 Å². The fourth-order valence-corrected chi connectivity index (χ4v) is 2.89. The Kier molecular flexibility index (Phi) is 3.65. The molecule has 15 heavy (non-hydrogen) atoms. The molecule has 0 aliphatic carbocycles. The van der Waals surface area contributed by atoms with Crippen molar-refractivity contribution in [1.29, 1.82) is 0 Å². The molecule has 3 heteroatoms. The standard InChI is InChI=1S/C12H25N3/c1-10(2)14-7-5-12(9-14)15-6-4-11(8-15)13-3/h10-13H,4-9H2,1-3H3. The predicted octanol–water partition coefficient (Wildman–Crippen LogP) is 0.763. The highest BCUT2D eigenvalue weighted by molar-refractivity contribution is 4.90. The molecule has 2 heterocycles. The van der Waals surface area contributed by atoms with Gasteiger partial charge in [-0.15, -0.1) is 0 Å². The quantitative estimate of drug-likeness (QED) is 0.743. The van der Waals surface area contributed by atoms with Gasteiger partial charge in [-0.1, -0.05) is 0 Å². The number of hydrogen-bond acceptors (Lipinski definition) is 3. The number of nitrogens with zero attached hydrogens (tertiary/aromatic N) is 2. The third-order valence-electron chi connectivity index (χ3n) is 4.07. The Labute approximate surface area is 93.8 Å². The predicted molar refractivity (Wildman–Crippen MR) is 64.2 cm³/mol. The summed E-state index contributed by atoms with van der Waals surface area (Å²) in [6.07, 6.45) is 2.70. The smallest absolute Gasteiger partial charge is 0.0236 e. The summed E-state index contributed by atoms with van der Waals surface area (Å²) in [5, 5.41) is 3.40. The summed E-state index contributed by atoms with van der Waals surface area (Å²) in [5.74, 6) is 0. The summed E-state index contributed by atoms with van der Waals surface area (Å²) in [6.45, 7) is 9.75. The normalized spacial score (nSPS) is 34.4. The molecule has 2 aliphatic heterocycles. The summed E-state index contributed by atoms with van der Waals surface area (Å²) >= 11 is 0. The summed E-state index contributed by atoms with van der Waals surface area (Å²) in [4.78, 5) is 5.29. The van der Waals surface area contributed by atoms with E-state index in [0.29, 0.717) is 0 Å². The van der Waals surface area contributed by atoms with Crippen LogP contribution in [0.2, 0.25) is 0 Å². The molecular formula is C12H25N3. The second-order valence-electron chi connectivity index (χ2n) is 5.30. The lowest BCUT2D eigenvalue weighted by Crippen LogP contribution is -2.39. The largest absolute Gasteiger partial charge is 0.316 e. The van der Waals surface area contributed by atoms with Crippen LogP contribution < -0.4 is 5.32 Å². The van der Waals surface area contributed by atoms with Gasteiger partial charge in [-0.05, 0) is 33.7 Å². The molecule has 88 valence electrons. The number of likely N-dealkylation sites (tertiary alicyclic amines) is 2. The van der Waals surface area contributed by atoms with Crippen molar-refractivity contribution in [3.8, 4) is 0 Å². The van der Waals surface area contributed by atoms with Gasteiger partial charge in [-0.2, -0.15) is 0 Å². The first kappa shape index (κ1) is 11.4. The van der Waals surface area contributed by atoms with Crippen molar-refractivity contribution in [3.05, 3.63) is 0 Å². The van der Waals surface area contributed by atoms with E-state index in [1.165, 1.54) is 39.0 Å². The van der Waals surface area contributed by atoms with E-state index in [9.17, 15) is 0 Å². The minimum Gasteiger partial charge on any atom is -0.316 e. The topological polar surface area (TPSA) is 18.5 Å². The highest BCUT2D eigenvalue weighted by atomic mass is 15.3. The molecule has 0 radical (unpaired) electrons. The van der Waals surface area contributed by atoms with E-state index in [-0.39, 0.29) is 0 Å². The van der Waals surface area contributed by atoms with E-state index in [4.69, 9.17) is 0 Å². The molecule has 2 rings (SSSR count). The van der Waals surface area contributed by atoms with E-state index in [2.05, 4.69) is 36.0 Å². The first-order chi connectivity index (χ1) is 7.20. The molecule has 0 saturated carbocycles. The molecule has 0 amide bonds. The summed E-state index contributed by atoms with van der Waals surface area (Å²) in [5.41, 5.74) is 0. The summed E-state index contributed by atoms with van der Waals surface area (Å²) in [7, 11) is 2.09. The fourth-order valence-electron chi connectivity index (χ4n) is 2.89. The average molecular weight is 211 g/mol. The molecule has 0 bridgehead atoms. The van der Waals surface area contributed by atoms with Crippen LogP contribution in [0, 0.1) is 0 Å². The second-order valence-corrected chi connectivity index (χ2v) is 5.30. The third-order valence-corrected chi connectivity index (χ3v) is 4.07. The van der Waals surface area contributed by atoms with E-state index < -0.39 is 0 Å². The van der Waals surface area contributed by atoms with E-state index >= 15 is 0 Å². The second kappa shape index (κ2) is 4.81. The van der Waals surface area contributed by atoms with Crippen molar-refractivity contribution >= 4 is 0 Å². The Morgan fingerprint density at radius 3 is 2.47 bits per heavy atom. The van der Waals surface area contributed by atoms with E-state index in [1.54, 1.807) is 0 Å². The number of rotatable bonds is 3. The van der Waals surface area contributed by atoms with Crippen LogP contribution in [-0.2, 0) is 0 Å². The molecule has 2 saturated heterocycles. The number of likely N-dealkylation sites (N-methyl/N-ethyl adjacent to an activating group) is 1.